The molecule has 3 rings (SSSR count). The second-order valence-electron chi connectivity index (χ2n) is 6.33. The highest BCUT2D eigenvalue weighted by atomic mass is 16.5. The number of hydrogen-bond acceptors (Lipinski definition) is 4. The Hall–Kier alpha value is -3.93. The molecule has 0 radical (unpaired) electrons. The van der Waals surface area contributed by atoms with Crippen LogP contribution in [0.1, 0.15) is 31.8 Å². The first kappa shape index (κ1) is 19.8. The second-order valence-corrected chi connectivity index (χ2v) is 6.33. The van der Waals surface area contributed by atoms with Crippen molar-refractivity contribution in [1.29, 1.82) is 0 Å². The van der Waals surface area contributed by atoms with Crippen molar-refractivity contribution < 1.29 is 24.2 Å². The second kappa shape index (κ2) is 8.84. The molecule has 2 N–H and O–H groups in total. The summed E-state index contributed by atoms with van der Waals surface area (Å²) in [5, 5.41) is 11.7. The monoisotopic (exact) mass is 389 g/mol. The van der Waals surface area contributed by atoms with Gasteiger partial charge < -0.3 is 15.2 Å². The number of carbonyl (C=O) groups is 3. The smallest absolute Gasteiger partial charge is 0.335 e. The Bertz CT molecular complexity index is 1040. The van der Waals surface area contributed by atoms with E-state index in [-0.39, 0.29) is 23.7 Å². The lowest BCUT2D eigenvalue weighted by atomic mass is 10.0. The zero-order valence-corrected chi connectivity index (χ0v) is 15.7. The molecule has 0 heterocycles. The summed E-state index contributed by atoms with van der Waals surface area (Å²) in [5.41, 5.74) is 2.31. The van der Waals surface area contributed by atoms with Gasteiger partial charge in [0.05, 0.1) is 19.1 Å². The molecule has 3 aromatic carbocycles. The molecule has 0 bridgehead atoms. The molecule has 0 aliphatic carbocycles. The first-order valence-electron chi connectivity index (χ1n) is 8.88. The lowest BCUT2D eigenvalue weighted by molar-refractivity contribution is -0.115. The van der Waals surface area contributed by atoms with E-state index in [2.05, 4.69) is 5.32 Å². The summed E-state index contributed by atoms with van der Waals surface area (Å²) in [5.74, 6) is -0.818. The van der Waals surface area contributed by atoms with Gasteiger partial charge >= 0.3 is 5.97 Å². The molecule has 1 amide bonds. The van der Waals surface area contributed by atoms with Crippen molar-refractivity contribution in [2.75, 3.05) is 12.4 Å². The highest BCUT2D eigenvalue weighted by Crippen LogP contribution is 2.19. The van der Waals surface area contributed by atoms with Crippen LogP contribution in [0.25, 0.3) is 0 Å². The molecule has 0 aromatic heterocycles. The minimum Gasteiger partial charge on any atom is -0.496 e. The Morgan fingerprint density at radius 2 is 1.38 bits per heavy atom. The Morgan fingerprint density at radius 3 is 1.97 bits per heavy atom. The van der Waals surface area contributed by atoms with E-state index in [9.17, 15) is 14.4 Å². The number of para-hydroxylation sites is 1. The van der Waals surface area contributed by atoms with Gasteiger partial charge in [-0.15, -0.1) is 0 Å². The fourth-order valence-corrected chi connectivity index (χ4v) is 2.86. The maximum atomic E-state index is 12.5. The molecule has 0 saturated carbocycles. The van der Waals surface area contributed by atoms with Crippen LogP contribution in [-0.4, -0.2) is 29.9 Å². The summed E-state index contributed by atoms with van der Waals surface area (Å²) >= 11 is 0. The molecule has 3 aromatic rings. The molecule has 29 heavy (non-hydrogen) atoms. The summed E-state index contributed by atoms with van der Waals surface area (Å²) < 4.78 is 5.25. The highest BCUT2D eigenvalue weighted by Gasteiger charge is 2.12. The number of ketones is 1. The minimum absolute atomic E-state index is 0.120. The lowest BCUT2D eigenvalue weighted by Crippen LogP contribution is -2.15. The maximum absolute atomic E-state index is 12.5. The average molecular weight is 389 g/mol. The summed E-state index contributed by atoms with van der Waals surface area (Å²) in [6.45, 7) is 0. The summed E-state index contributed by atoms with van der Waals surface area (Å²) in [4.78, 5) is 35.7. The highest BCUT2D eigenvalue weighted by molar-refractivity contribution is 6.09. The van der Waals surface area contributed by atoms with E-state index in [1.54, 1.807) is 37.4 Å². The van der Waals surface area contributed by atoms with Crippen LogP contribution < -0.4 is 10.1 Å². The molecule has 0 fully saturated rings. The van der Waals surface area contributed by atoms with Crippen LogP contribution in [0.15, 0.2) is 72.8 Å². The van der Waals surface area contributed by atoms with Gasteiger partial charge in [0.2, 0.25) is 5.91 Å². The number of aromatic carboxylic acids is 1. The minimum atomic E-state index is -1.04. The SMILES string of the molecule is COc1ccccc1CC(=O)Nc1ccc(C(=O)c2ccc(C(=O)O)cc2)cc1. The van der Waals surface area contributed by atoms with Crippen LogP contribution in [0.2, 0.25) is 0 Å². The third-order valence-corrected chi connectivity index (χ3v) is 4.37. The Kier molecular flexibility index (Phi) is 6.04. The molecular formula is C23H19NO5. The van der Waals surface area contributed by atoms with E-state index in [1.807, 2.05) is 18.2 Å². The van der Waals surface area contributed by atoms with Crippen LogP contribution in [0.4, 0.5) is 5.69 Å². The number of hydrogen-bond donors (Lipinski definition) is 2. The maximum Gasteiger partial charge on any atom is 0.335 e. The van der Waals surface area contributed by atoms with Crippen molar-refractivity contribution >= 4 is 23.3 Å². The third kappa shape index (κ3) is 4.87. The molecule has 0 saturated heterocycles. The fourth-order valence-electron chi connectivity index (χ4n) is 2.86. The van der Waals surface area contributed by atoms with Gasteiger partial charge in [0.1, 0.15) is 5.75 Å². The number of carbonyl (C=O) groups excluding carboxylic acids is 2. The number of methoxy groups -OCH3 is 1. The van der Waals surface area contributed by atoms with E-state index >= 15 is 0 Å². The average Bonchev–Trinajstić information content (AvgIpc) is 2.74. The van der Waals surface area contributed by atoms with Gasteiger partial charge in [0, 0.05) is 22.4 Å². The van der Waals surface area contributed by atoms with Crippen molar-refractivity contribution in [2.24, 2.45) is 0 Å². The van der Waals surface area contributed by atoms with Crippen LogP contribution in [0.5, 0.6) is 5.75 Å². The molecule has 6 nitrogen and oxygen atoms in total. The first-order valence-corrected chi connectivity index (χ1v) is 8.88. The van der Waals surface area contributed by atoms with Gasteiger partial charge in [-0.05, 0) is 42.5 Å². The zero-order chi connectivity index (χ0) is 20.8. The van der Waals surface area contributed by atoms with E-state index in [0.29, 0.717) is 22.6 Å². The number of ether oxygens (including phenoxy) is 1. The number of rotatable bonds is 7. The third-order valence-electron chi connectivity index (χ3n) is 4.37. The molecule has 0 aliphatic rings. The Balaban J connectivity index is 1.65. The number of carboxylic acid groups (broad SMARTS) is 1. The molecule has 0 spiro atoms. The van der Waals surface area contributed by atoms with Crippen molar-refractivity contribution in [2.45, 2.75) is 6.42 Å². The molecule has 0 atom stereocenters. The Morgan fingerprint density at radius 1 is 0.828 bits per heavy atom. The Labute approximate surface area is 167 Å². The predicted octanol–water partition coefficient (Wildman–Crippen LogP) is 3.81. The van der Waals surface area contributed by atoms with E-state index < -0.39 is 5.97 Å². The molecule has 6 heteroatoms. The predicted molar refractivity (Wildman–Crippen MR) is 109 cm³/mol. The van der Waals surface area contributed by atoms with Crippen molar-refractivity contribution in [3.05, 3.63) is 95.1 Å². The summed E-state index contributed by atoms with van der Waals surface area (Å²) in [7, 11) is 1.56. The van der Waals surface area contributed by atoms with Crippen molar-refractivity contribution in [3.8, 4) is 5.75 Å². The van der Waals surface area contributed by atoms with Gasteiger partial charge in [-0.3, -0.25) is 9.59 Å². The van der Waals surface area contributed by atoms with E-state index in [1.165, 1.54) is 24.3 Å². The van der Waals surface area contributed by atoms with Crippen LogP contribution in [0, 0.1) is 0 Å². The van der Waals surface area contributed by atoms with Gasteiger partial charge in [0.25, 0.3) is 0 Å². The quantitative estimate of drug-likeness (QED) is 0.600. The van der Waals surface area contributed by atoms with Crippen LogP contribution >= 0.6 is 0 Å². The molecule has 0 aliphatic heterocycles. The summed E-state index contributed by atoms with van der Waals surface area (Å²) in [6.07, 6.45) is 0.167. The lowest BCUT2D eigenvalue weighted by Gasteiger charge is -2.09. The van der Waals surface area contributed by atoms with Crippen molar-refractivity contribution in [1.82, 2.24) is 0 Å². The van der Waals surface area contributed by atoms with Crippen LogP contribution in [-0.2, 0) is 11.2 Å². The van der Waals surface area contributed by atoms with Crippen LogP contribution in [0.3, 0.4) is 0 Å². The standard InChI is InChI=1S/C23H19NO5/c1-29-20-5-3-2-4-18(20)14-21(25)24-19-12-10-16(11-13-19)22(26)15-6-8-17(9-7-15)23(27)28/h2-13H,14H2,1H3,(H,24,25)(H,27,28). The largest absolute Gasteiger partial charge is 0.496 e. The van der Waals surface area contributed by atoms with Gasteiger partial charge in [0.15, 0.2) is 5.78 Å². The van der Waals surface area contributed by atoms with E-state index in [0.717, 1.165) is 5.56 Å². The number of amides is 1. The van der Waals surface area contributed by atoms with Crippen molar-refractivity contribution in [3.63, 3.8) is 0 Å². The summed E-state index contributed by atoms with van der Waals surface area (Å²) in [6, 6.07) is 19.6. The number of nitrogens with one attached hydrogen (secondary N) is 1. The fraction of sp³-hybridized carbons (Fsp3) is 0.0870. The molecule has 0 unspecified atom stereocenters. The first-order chi connectivity index (χ1) is 14.0. The van der Waals surface area contributed by atoms with Gasteiger partial charge in [-0.25, -0.2) is 4.79 Å². The molecule has 146 valence electrons. The number of carboxylic acids is 1. The van der Waals surface area contributed by atoms with E-state index in [4.69, 9.17) is 9.84 Å². The van der Waals surface area contributed by atoms with Gasteiger partial charge in [-0.2, -0.15) is 0 Å². The number of anilines is 1. The topological polar surface area (TPSA) is 92.7 Å². The zero-order valence-electron chi connectivity index (χ0n) is 15.7. The number of benzene rings is 3. The normalized spacial score (nSPS) is 10.2. The molecular weight excluding hydrogens is 370 g/mol. The van der Waals surface area contributed by atoms with Gasteiger partial charge in [-0.1, -0.05) is 30.3 Å².